The Labute approximate surface area is 60.5 Å². The van der Waals surface area contributed by atoms with Gasteiger partial charge in [0.05, 0.1) is 0 Å². The van der Waals surface area contributed by atoms with Gasteiger partial charge in [0, 0.05) is 0 Å². The molecule has 0 amide bonds. The topological polar surface area (TPSA) is 15.3 Å². The fraction of sp³-hybridized carbons (Fsp3) is 0. The average molecular weight is 183 g/mol. The van der Waals surface area contributed by atoms with Crippen LogP contribution in [0.15, 0.2) is 24.0 Å². The Morgan fingerprint density at radius 2 is 2.56 bits per heavy atom. The number of nitrogens with zero attached hydrogens (tertiary/aromatic N) is 1. The summed E-state index contributed by atoms with van der Waals surface area (Å²) in [6.07, 6.45) is 11.8. The van der Waals surface area contributed by atoms with Gasteiger partial charge in [-0.3, -0.25) is 0 Å². The SMILES string of the molecule is [C]1=CC=[C]N2[Se]NC=C12. The van der Waals surface area contributed by atoms with Gasteiger partial charge < -0.3 is 0 Å². The van der Waals surface area contributed by atoms with E-state index in [1.54, 1.807) is 0 Å². The van der Waals surface area contributed by atoms with Crippen molar-refractivity contribution >= 4 is 15.4 Å². The molecule has 0 bridgehead atoms. The van der Waals surface area contributed by atoms with Crippen LogP contribution in [-0.4, -0.2) is 19.3 Å². The molecular weight excluding hydrogens is 179 g/mol. The summed E-state index contributed by atoms with van der Waals surface area (Å²) in [5.74, 6) is 0. The van der Waals surface area contributed by atoms with Crippen LogP contribution < -0.4 is 4.33 Å². The third kappa shape index (κ3) is 0.784. The second-order valence-corrected chi connectivity index (χ2v) is 3.28. The van der Waals surface area contributed by atoms with E-state index in [1.165, 1.54) is 0 Å². The third-order valence-electron chi connectivity index (χ3n) is 1.06. The molecule has 2 heterocycles. The van der Waals surface area contributed by atoms with E-state index in [9.17, 15) is 0 Å². The zero-order valence-corrected chi connectivity index (χ0v) is 6.30. The average Bonchev–Trinajstić information content (AvgIpc) is 2.33. The van der Waals surface area contributed by atoms with Crippen LogP contribution in [0.25, 0.3) is 0 Å². The molecule has 44 valence electrons. The summed E-state index contributed by atoms with van der Waals surface area (Å²) >= 11 is 0.326. The predicted octanol–water partition coefficient (Wildman–Crippen LogP) is -0.0429. The zero-order valence-electron chi connectivity index (χ0n) is 4.59. The van der Waals surface area contributed by atoms with Crippen LogP contribution in [0.4, 0.5) is 0 Å². The van der Waals surface area contributed by atoms with Gasteiger partial charge in [0.1, 0.15) is 0 Å². The Balaban J connectivity index is 2.33. The van der Waals surface area contributed by atoms with Crippen LogP contribution in [0, 0.1) is 12.3 Å². The first kappa shape index (κ1) is 5.15. The van der Waals surface area contributed by atoms with Crippen LogP contribution in [0.5, 0.6) is 0 Å². The van der Waals surface area contributed by atoms with E-state index in [1.807, 2.05) is 22.3 Å². The molecule has 2 nitrogen and oxygen atoms in total. The van der Waals surface area contributed by atoms with Crippen molar-refractivity contribution in [3.05, 3.63) is 36.3 Å². The van der Waals surface area contributed by atoms with Crippen molar-refractivity contribution in [3.63, 3.8) is 0 Å². The van der Waals surface area contributed by atoms with E-state index in [-0.39, 0.29) is 0 Å². The molecule has 0 saturated carbocycles. The van der Waals surface area contributed by atoms with Crippen LogP contribution in [0.2, 0.25) is 0 Å². The number of hydrogen-bond acceptors (Lipinski definition) is 2. The minimum absolute atomic E-state index is 0.326. The molecule has 0 aromatic heterocycles. The van der Waals surface area contributed by atoms with Gasteiger partial charge in [-0.2, -0.15) is 0 Å². The van der Waals surface area contributed by atoms with Gasteiger partial charge in [0.25, 0.3) is 0 Å². The molecule has 0 saturated heterocycles. The number of fused-ring (bicyclic) bond motifs is 1. The molecule has 0 spiro atoms. The second-order valence-electron chi connectivity index (χ2n) is 1.64. The van der Waals surface area contributed by atoms with Crippen molar-refractivity contribution < 1.29 is 0 Å². The van der Waals surface area contributed by atoms with Gasteiger partial charge in [-0.15, -0.1) is 0 Å². The van der Waals surface area contributed by atoms with E-state index in [0.29, 0.717) is 15.4 Å². The Morgan fingerprint density at radius 1 is 1.56 bits per heavy atom. The fourth-order valence-electron chi connectivity index (χ4n) is 0.671. The first-order valence-corrected chi connectivity index (χ1v) is 4.19. The normalized spacial score (nSPS) is 21.3. The molecule has 0 aromatic carbocycles. The quantitative estimate of drug-likeness (QED) is 0.530. The Kier molecular flexibility index (Phi) is 1.11. The molecule has 0 atom stereocenters. The third-order valence-corrected chi connectivity index (χ3v) is 2.55. The van der Waals surface area contributed by atoms with Crippen LogP contribution in [0.3, 0.4) is 0 Å². The first-order valence-electron chi connectivity index (χ1n) is 2.57. The van der Waals surface area contributed by atoms with Gasteiger partial charge in [-0.05, 0) is 0 Å². The summed E-state index contributed by atoms with van der Waals surface area (Å²) in [5, 5.41) is 0. The van der Waals surface area contributed by atoms with Crippen molar-refractivity contribution in [2.24, 2.45) is 0 Å². The molecule has 0 aliphatic carbocycles. The van der Waals surface area contributed by atoms with Gasteiger partial charge >= 0.3 is 60.0 Å². The van der Waals surface area contributed by atoms with E-state index in [0.717, 1.165) is 5.70 Å². The molecule has 2 aliphatic rings. The van der Waals surface area contributed by atoms with Crippen molar-refractivity contribution in [1.82, 2.24) is 8.25 Å². The van der Waals surface area contributed by atoms with E-state index >= 15 is 0 Å². The van der Waals surface area contributed by atoms with Crippen LogP contribution >= 0.6 is 0 Å². The van der Waals surface area contributed by atoms with Gasteiger partial charge in [0.15, 0.2) is 0 Å². The Morgan fingerprint density at radius 3 is 3.44 bits per heavy atom. The van der Waals surface area contributed by atoms with Crippen LogP contribution in [0.1, 0.15) is 0 Å². The summed E-state index contributed by atoms with van der Waals surface area (Å²) in [5.41, 5.74) is 1.09. The summed E-state index contributed by atoms with van der Waals surface area (Å²) in [7, 11) is 0. The number of nitrogens with one attached hydrogen (secondary N) is 1. The summed E-state index contributed by atoms with van der Waals surface area (Å²) < 4.78 is 5.16. The molecule has 1 N–H and O–H groups in total. The second kappa shape index (κ2) is 1.94. The van der Waals surface area contributed by atoms with Gasteiger partial charge in [-0.25, -0.2) is 0 Å². The van der Waals surface area contributed by atoms with Crippen molar-refractivity contribution in [1.29, 1.82) is 0 Å². The molecule has 3 heteroatoms. The standard InChI is InChI=1S/C6H4N2Se/c1-2-4-8-6(3-1)5-7-9-8/h1-2,5,7H. The molecule has 2 rings (SSSR count). The van der Waals surface area contributed by atoms with Crippen LogP contribution in [-0.2, 0) is 0 Å². The van der Waals surface area contributed by atoms with Gasteiger partial charge in [-0.1, -0.05) is 0 Å². The maximum atomic E-state index is 3.13. The number of hydrogen-bond donors (Lipinski definition) is 1. The first-order chi connectivity index (χ1) is 4.47. The number of rotatable bonds is 0. The Hall–Kier alpha value is -0.661. The van der Waals surface area contributed by atoms with E-state index < -0.39 is 0 Å². The Bertz CT molecular complexity index is 202. The monoisotopic (exact) mass is 184 g/mol. The molecule has 9 heavy (non-hydrogen) atoms. The van der Waals surface area contributed by atoms with Crippen molar-refractivity contribution in [2.45, 2.75) is 0 Å². The van der Waals surface area contributed by atoms with E-state index in [2.05, 4.69) is 16.6 Å². The molecule has 0 aromatic rings. The van der Waals surface area contributed by atoms with Crippen molar-refractivity contribution in [3.8, 4) is 0 Å². The van der Waals surface area contributed by atoms with E-state index in [4.69, 9.17) is 0 Å². The molecule has 0 unspecified atom stereocenters. The predicted molar refractivity (Wildman–Crippen MR) is 34.4 cm³/mol. The molecule has 0 fully saturated rings. The fourth-order valence-corrected chi connectivity index (χ4v) is 1.90. The zero-order chi connectivity index (χ0) is 6.10. The summed E-state index contributed by atoms with van der Waals surface area (Å²) in [6.45, 7) is 0. The minimum atomic E-state index is 0.326. The summed E-state index contributed by atoms with van der Waals surface area (Å²) in [4.78, 5) is 0. The maximum absolute atomic E-state index is 3.13. The number of allylic oxidation sites excluding steroid dienone is 3. The summed E-state index contributed by atoms with van der Waals surface area (Å²) in [6, 6.07) is 0. The van der Waals surface area contributed by atoms with Crippen molar-refractivity contribution in [2.75, 3.05) is 0 Å². The molecule has 2 radical (unpaired) electrons. The van der Waals surface area contributed by atoms with Gasteiger partial charge in [0.2, 0.25) is 0 Å². The molecular formula is C6H4N2Se. The molecule has 2 aliphatic heterocycles.